The number of ether oxygens (including phenoxy) is 1. The van der Waals surface area contributed by atoms with Crippen LogP contribution in [-0.2, 0) is 4.74 Å². The van der Waals surface area contributed by atoms with Crippen molar-refractivity contribution in [3.63, 3.8) is 0 Å². The van der Waals surface area contributed by atoms with Crippen molar-refractivity contribution in [3.8, 4) is 0 Å². The Balaban J connectivity index is 1.39. The van der Waals surface area contributed by atoms with Crippen molar-refractivity contribution >= 4 is 0 Å². The highest BCUT2D eigenvalue weighted by molar-refractivity contribution is 5.01. The predicted octanol–water partition coefficient (Wildman–Crippen LogP) is 1.66. The Hall–Kier alpha value is -0.0800. The van der Waals surface area contributed by atoms with Gasteiger partial charge in [-0.3, -0.25) is 0 Å². The molecule has 0 aromatic carbocycles. The molecule has 3 rings (SSSR count). The largest absolute Gasteiger partial charge is 0.381 e. The van der Waals surface area contributed by atoms with Gasteiger partial charge in [0, 0.05) is 6.04 Å². The van der Waals surface area contributed by atoms with Gasteiger partial charge in [0.25, 0.3) is 0 Å². The van der Waals surface area contributed by atoms with E-state index < -0.39 is 0 Å². The van der Waals surface area contributed by atoms with E-state index in [-0.39, 0.29) is 0 Å². The third-order valence-corrected chi connectivity index (χ3v) is 4.47. The van der Waals surface area contributed by atoms with E-state index in [2.05, 4.69) is 12.2 Å². The van der Waals surface area contributed by atoms with Crippen molar-refractivity contribution in [2.45, 2.75) is 32.2 Å². The van der Waals surface area contributed by atoms with Gasteiger partial charge in [-0.15, -0.1) is 0 Å². The van der Waals surface area contributed by atoms with Crippen molar-refractivity contribution in [2.24, 2.45) is 23.7 Å². The lowest BCUT2D eigenvalue weighted by Crippen LogP contribution is -2.29. The predicted molar refractivity (Wildman–Crippen MR) is 56.1 cm³/mol. The van der Waals surface area contributed by atoms with Crippen LogP contribution in [0, 0.1) is 23.7 Å². The maximum atomic E-state index is 5.40. The summed E-state index contributed by atoms with van der Waals surface area (Å²) in [6.45, 7) is 5.72. The van der Waals surface area contributed by atoms with Gasteiger partial charge in [-0.25, -0.2) is 0 Å². The molecule has 3 aliphatic rings. The molecule has 0 spiro atoms. The number of fused-ring (bicyclic) bond motifs is 1. The monoisotopic (exact) mass is 195 g/mol. The van der Waals surface area contributed by atoms with Crippen LogP contribution in [0.15, 0.2) is 0 Å². The molecular weight excluding hydrogens is 174 g/mol. The second kappa shape index (κ2) is 3.49. The third-order valence-electron chi connectivity index (χ3n) is 4.47. The lowest BCUT2D eigenvalue weighted by Gasteiger charge is -2.13. The van der Waals surface area contributed by atoms with Crippen molar-refractivity contribution in [1.29, 1.82) is 0 Å². The van der Waals surface area contributed by atoms with E-state index in [1.165, 1.54) is 25.8 Å². The fourth-order valence-electron chi connectivity index (χ4n) is 3.36. The van der Waals surface area contributed by atoms with Crippen LogP contribution in [0.2, 0.25) is 0 Å². The van der Waals surface area contributed by atoms with E-state index in [1.807, 2.05) is 0 Å². The molecule has 2 nitrogen and oxygen atoms in total. The summed E-state index contributed by atoms with van der Waals surface area (Å²) < 4.78 is 5.40. The van der Waals surface area contributed by atoms with Crippen LogP contribution < -0.4 is 5.32 Å². The molecule has 4 unspecified atom stereocenters. The molecule has 3 fully saturated rings. The van der Waals surface area contributed by atoms with Gasteiger partial charge in [0.05, 0.1) is 13.2 Å². The Morgan fingerprint density at radius 1 is 1.21 bits per heavy atom. The zero-order chi connectivity index (χ0) is 9.54. The highest BCUT2D eigenvalue weighted by Crippen LogP contribution is 2.50. The summed E-state index contributed by atoms with van der Waals surface area (Å²) in [4.78, 5) is 0. The van der Waals surface area contributed by atoms with Gasteiger partial charge >= 0.3 is 0 Å². The van der Waals surface area contributed by atoms with E-state index in [4.69, 9.17) is 4.74 Å². The van der Waals surface area contributed by atoms with Gasteiger partial charge in [0.15, 0.2) is 0 Å². The first-order chi connectivity index (χ1) is 6.84. The molecule has 1 saturated heterocycles. The van der Waals surface area contributed by atoms with Crippen LogP contribution in [0.25, 0.3) is 0 Å². The Labute approximate surface area is 86.4 Å². The van der Waals surface area contributed by atoms with Crippen molar-refractivity contribution < 1.29 is 4.74 Å². The first kappa shape index (κ1) is 9.17. The lowest BCUT2D eigenvalue weighted by atomic mass is 10.1. The minimum absolute atomic E-state index is 0.826. The van der Waals surface area contributed by atoms with E-state index in [9.17, 15) is 0 Å². The van der Waals surface area contributed by atoms with Gasteiger partial charge in [0.2, 0.25) is 0 Å². The van der Waals surface area contributed by atoms with Crippen molar-refractivity contribution in [1.82, 2.24) is 5.32 Å². The minimum atomic E-state index is 0.826. The van der Waals surface area contributed by atoms with Crippen LogP contribution in [0.4, 0.5) is 0 Å². The highest BCUT2D eigenvalue weighted by atomic mass is 16.5. The zero-order valence-corrected chi connectivity index (χ0v) is 9.04. The molecule has 14 heavy (non-hydrogen) atoms. The number of hydrogen-bond acceptors (Lipinski definition) is 2. The average molecular weight is 195 g/mol. The summed E-state index contributed by atoms with van der Waals surface area (Å²) in [6.07, 6.45) is 4.23. The first-order valence-corrected chi connectivity index (χ1v) is 6.15. The molecule has 1 N–H and O–H groups in total. The molecule has 0 aromatic rings. The Morgan fingerprint density at radius 2 is 2.00 bits per heavy atom. The smallest absolute Gasteiger partial charge is 0.0501 e. The number of rotatable bonds is 3. The molecule has 1 heterocycles. The van der Waals surface area contributed by atoms with Gasteiger partial charge < -0.3 is 10.1 Å². The molecule has 1 aliphatic heterocycles. The molecule has 80 valence electrons. The summed E-state index contributed by atoms with van der Waals surface area (Å²) >= 11 is 0. The molecule has 0 bridgehead atoms. The third kappa shape index (κ3) is 1.59. The second-order valence-corrected chi connectivity index (χ2v) is 5.55. The second-order valence-electron chi connectivity index (χ2n) is 5.55. The number of hydrogen-bond donors (Lipinski definition) is 1. The average Bonchev–Trinajstić information content (AvgIpc) is 2.59. The standard InChI is InChI=1S/C12H21NO/c1-8-2-3-9(4-8)13-5-10-11-6-14-7-12(10)11/h8-13H,2-7H2,1H3. The van der Waals surface area contributed by atoms with Crippen LogP contribution >= 0.6 is 0 Å². The van der Waals surface area contributed by atoms with Crippen LogP contribution in [0.1, 0.15) is 26.2 Å². The fraction of sp³-hybridized carbons (Fsp3) is 1.00. The molecule has 2 saturated carbocycles. The maximum absolute atomic E-state index is 5.40. The molecular formula is C12H21NO. The number of nitrogens with one attached hydrogen (secondary N) is 1. The zero-order valence-electron chi connectivity index (χ0n) is 9.04. The minimum Gasteiger partial charge on any atom is -0.381 e. The molecule has 0 amide bonds. The quantitative estimate of drug-likeness (QED) is 0.739. The van der Waals surface area contributed by atoms with Crippen LogP contribution in [0.3, 0.4) is 0 Å². The first-order valence-electron chi connectivity index (χ1n) is 6.15. The van der Waals surface area contributed by atoms with Crippen LogP contribution in [0.5, 0.6) is 0 Å². The molecule has 2 heteroatoms. The Bertz CT molecular complexity index is 206. The van der Waals surface area contributed by atoms with Crippen molar-refractivity contribution in [2.75, 3.05) is 19.8 Å². The van der Waals surface area contributed by atoms with E-state index >= 15 is 0 Å². The summed E-state index contributed by atoms with van der Waals surface area (Å²) in [5.41, 5.74) is 0. The van der Waals surface area contributed by atoms with E-state index in [0.717, 1.165) is 42.9 Å². The fourth-order valence-corrected chi connectivity index (χ4v) is 3.36. The normalized spacial score (nSPS) is 50.8. The molecule has 0 radical (unpaired) electrons. The lowest BCUT2D eigenvalue weighted by molar-refractivity contribution is 0.150. The van der Waals surface area contributed by atoms with Gasteiger partial charge in [-0.05, 0) is 49.5 Å². The Kier molecular flexibility index (Phi) is 2.29. The highest BCUT2D eigenvalue weighted by Gasteiger charge is 2.53. The van der Waals surface area contributed by atoms with Gasteiger partial charge in [-0.2, -0.15) is 0 Å². The van der Waals surface area contributed by atoms with E-state index in [0.29, 0.717) is 0 Å². The summed E-state index contributed by atoms with van der Waals surface area (Å²) in [7, 11) is 0. The molecule has 0 aromatic heterocycles. The molecule has 4 atom stereocenters. The van der Waals surface area contributed by atoms with Gasteiger partial charge in [-0.1, -0.05) is 6.92 Å². The SMILES string of the molecule is CC1CCC(NCC2C3COCC23)C1. The summed E-state index contributed by atoms with van der Waals surface area (Å²) in [5, 5.41) is 3.75. The maximum Gasteiger partial charge on any atom is 0.0501 e. The Morgan fingerprint density at radius 3 is 2.64 bits per heavy atom. The van der Waals surface area contributed by atoms with E-state index in [1.54, 1.807) is 0 Å². The topological polar surface area (TPSA) is 21.3 Å². The van der Waals surface area contributed by atoms with Crippen LogP contribution in [-0.4, -0.2) is 25.8 Å². The van der Waals surface area contributed by atoms with Crippen molar-refractivity contribution in [3.05, 3.63) is 0 Å². The summed E-state index contributed by atoms with van der Waals surface area (Å²) in [5.74, 6) is 3.75. The molecule has 2 aliphatic carbocycles. The van der Waals surface area contributed by atoms with Gasteiger partial charge in [0.1, 0.15) is 0 Å². The summed E-state index contributed by atoms with van der Waals surface area (Å²) in [6, 6.07) is 0.826.